The van der Waals surface area contributed by atoms with E-state index in [0.29, 0.717) is 10.6 Å². The van der Waals surface area contributed by atoms with Gasteiger partial charge in [-0.05, 0) is 62.7 Å². The molecule has 5 nitrogen and oxygen atoms in total. The predicted octanol–water partition coefficient (Wildman–Crippen LogP) is 3.39. The van der Waals surface area contributed by atoms with Gasteiger partial charge in [-0.15, -0.1) is 4.72 Å². The summed E-state index contributed by atoms with van der Waals surface area (Å²) in [5.41, 5.74) is 1.12. The third-order valence-electron chi connectivity index (χ3n) is 3.17. The molecule has 0 saturated carbocycles. The van der Waals surface area contributed by atoms with Gasteiger partial charge in [0.05, 0.1) is 23.5 Å². The highest BCUT2D eigenvalue weighted by Gasteiger charge is 2.20. The van der Waals surface area contributed by atoms with Crippen LogP contribution in [0.25, 0.3) is 0 Å². The van der Waals surface area contributed by atoms with Gasteiger partial charge in [0.15, 0.2) is 4.90 Å². The summed E-state index contributed by atoms with van der Waals surface area (Å²) in [6.45, 7) is 5.92. The quantitative estimate of drug-likeness (QED) is 0.725. The molecule has 0 bridgehead atoms. The van der Waals surface area contributed by atoms with Crippen LogP contribution < -0.4 is 10.0 Å². The molecule has 0 aliphatic heterocycles. The summed E-state index contributed by atoms with van der Waals surface area (Å²) in [5, 5.41) is 2.71. The second kappa shape index (κ2) is 9.14. The van der Waals surface area contributed by atoms with Gasteiger partial charge in [-0.25, -0.2) is 4.39 Å². The third kappa shape index (κ3) is 7.13. The van der Waals surface area contributed by atoms with E-state index in [1.807, 2.05) is 20.8 Å². The van der Waals surface area contributed by atoms with Crippen molar-refractivity contribution < 1.29 is 18.5 Å². The molecule has 2 N–H and O–H groups in total. The van der Waals surface area contributed by atoms with Gasteiger partial charge in [0.25, 0.3) is 0 Å². The van der Waals surface area contributed by atoms with E-state index in [2.05, 4.69) is 10.0 Å². The number of hydrogen-bond acceptors (Lipinski definition) is 4. The van der Waals surface area contributed by atoms with Crippen LogP contribution in [0.5, 0.6) is 0 Å². The van der Waals surface area contributed by atoms with Crippen molar-refractivity contribution in [2.24, 2.45) is 0 Å². The normalized spacial score (nSPS) is 12.7. The maximum atomic E-state index is 12.8. The SMILES string of the molecule is CC(C)(C)N[S+]([O-])c1ccc(NC(=O)COCc2ccc(F)cc2)cc1. The Morgan fingerprint density at radius 3 is 2.31 bits per heavy atom. The van der Waals surface area contributed by atoms with Crippen LogP contribution in [0.15, 0.2) is 53.4 Å². The van der Waals surface area contributed by atoms with E-state index in [1.54, 1.807) is 36.4 Å². The monoisotopic (exact) mass is 378 g/mol. The molecule has 0 saturated heterocycles. The largest absolute Gasteiger partial charge is 0.593 e. The number of ether oxygens (including phenoxy) is 1. The molecule has 0 heterocycles. The highest BCUT2D eigenvalue weighted by atomic mass is 32.2. The lowest BCUT2D eigenvalue weighted by molar-refractivity contribution is -0.121. The van der Waals surface area contributed by atoms with E-state index in [9.17, 15) is 13.7 Å². The van der Waals surface area contributed by atoms with Gasteiger partial charge in [-0.3, -0.25) is 4.79 Å². The number of halogens is 1. The zero-order chi connectivity index (χ0) is 19.2. The van der Waals surface area contributed by atoms with Crippen molar-refractivity contribution in [3.8, 4) is 0 Å². The topological polar surface area (TPSA) is 73.4 Å². The molecule has 1 amide bonds. The van der Waals surface area contributed by atoms with Gasteiger partial charge in [0.2, 0.25) is 5.91 Å². The van der Waals surface area contributed by atoms with Gasteiger partial charge >= 0.3 is 0 Å². The fourth-order valence-corrected chi connectivity index (χ4v) is 3.10. The standard InChI is InChI=1S/C19H23FN2O3S/c1-19(2,3)22-26(24)17-10-8-16(9-11-17)21-18(23)13-25-12-14-4-6-15(20)7-5-14/h4-11,22H,12-13H2,1-3H3,(H,21,23). The van der Waals surface area contributed by atoms with Crippen molar-refractivity contribution in [2.75, 3.05) is 11.9 Å². The molecule has 0 aliphatic rings. The fourth-order valence-electron chi connectivity index (χ4n) is 2.04. The molecule has 0 spiro atoms. The van der Waals surface area contributed by atoms with E-state index in [0.717, 1.165) is 5.56 Å². The van der Waals surface area contributed by atoms with Gasteiger partial charge in [-0.2, -0.15) is 0 Å². The summed E-state index contributed by atoms with van der Waals surface area (Å²) in [4.78, 5) is 12.5. The van der Waals surface area contributed by atoms with Crippen LogP contribution in [0.4, 0.5) is 10.1 Å². The van der Waals surface area contributed by atoms with Crippen LogP contribution >= 0.6 is 0 Å². The van der Waals surface area contributed by atoms with E-state index in [1.165, 1.54) is 12.1 Å². The number of anilines is 1. The second-order valence-corrected chi connectivity index (χ2v) is 8.03. The first-order chi connectivity index (χ1) is 12.2. The summed E-state index contributed by atoms with van der Waals surface area (Å²) in [5.74, 6) is -0.609. The van der Waals surface area contributed by atoms with Crippen molar-refractivity contribution >= 4 is 23.0 Å². The van der Waals surface area contributed by atoms with E-state index in [-0.39, 0.29) is 30.5 Å². The van der Waals surface area contributed by atoms with Gasteiger partial charge in [-0.1, -0.05) is 12.1 Å². The van der Waals surface area contributed by atoms with Crippen molar-refractivity contribution in [3.63, 3.8) is 0 Å². The van der Waals surface area contributed by atoms with E-state index < -0.39 is 11.4 Å². The van der Waals surface area contributed by atoms with Crippen LogP contribution in [-0.4, -0.2) is 22.6 Å². The summed E-state index contributed by atoms with van der Waals surface area (Å²) < 4.78 is 33.3. The van der Waals surface area contributed by atoms with Crippen molar-refractivity contribution in [3.05, 3.63) is 59.9 Å². The Kier molecular flexibility index (Phi) is 7.16. The van der Waals surface area contributed by atoms with Crippen LogP contribution in [-0.2, 0) is 27.5 Å². The Morgan fingerprint density at radius 1 is 1.12 bits per heavy atom. The molecule has 0 aliphatic carbocycles. The fraction of sp³-hybridized carbons (Fsp3) is 0.316. The minimum Gasteiger partial charge on any atom is -0.593 e. The van der Waals surface area contributed by atoms with Crippen molar-refractivity contribution in [1.82, 2.24) is 4.72 Å². The molecule has 1 atom stereocenters. The van der Waals surface area contributed by atoms with Crippen molar-refractivity contribution in [1.29, 1.82) is 0 Å². The Labute approximate surface area is 156 Å². The average molecular weight is 378 g/mol. The molecule has 0 fully saturated rings. The number of hydrogen-bond donors (Lipinski definition) is 2. The van der Waals surface area contributed by atoms with E-state index >= 15 is 0 Å². The molecular weight excluding hydrogens is 355 g/mol. The number of carbonyl (C=O) groups is 1. The zero-order valence-electron chi connectivity index (χ0n) is 15.0. The molecule has 2 rings (SSSR count). The molecule has 7 heteroatoms. The number of nitrogens with one attached hydrogen (secondary N) is 2. The first kappa shape index (κ1) is 20.4. The molecule has 2 aromatic carbocycles. The highest BCUT2D eigenvalue weighted by molar-refractivity contribution is 7.89. The molecule has 2 aromatic rings. The molecular formula is C19H23FN2O3S. The van der Waals surface area contributed by atoms with Gasteiger partial charge in [0, 0.05) is 5.69 Å². The first-order valence-corrected chi connectivity index (χ1v) is 9.30. The van der Waals surface area contributed by atoms with Crippen LogP contribution in [0.3, 0.4) is 0 Å². The Balaban J connectivity index is 1.79. The van der Waals surface area contributed by atoms with Crippen LogP contribution in [0.1, 0.15) is 26.3 Å². The first-order valence-electron chi connectivity index (χ1n) is 8.15. The highest BCUT2D eigenvalue weighted by Crippen LogP contribution is 2.16. The second-order valence-electron chi connectivity index (χ2n) is 6.81. The minimum atomic E-state index is -1.32. The number of carbonyl (C=O) groups excluding carboxylic acids is 1. The lowest BCUT2D eigenvalue weighted by atomic mass is 10.1. The van der Waals surface area contributed by atoms with E-state index in [4.69, 9.17) is 4.74 Å². The Morgan fingerprint density at radius 2 is 1.73 bits per heavy atom. The minimum absolute atomic E-state index is 0.114. The van der Waals surface area contributed by atoms with Gasteiger partial charge in [0.1, 0.15) is 12.4 Å². The Hall–Kier alpha value is -1.93. The number of benzene rings is 2. The summed E-state index contributed by atoms with van der Waals surface area (Å²) in [6, 6.07) is 12.7. The average Bonchev–Trinajstić information content (AvgIpc) is 2.56. The lowest BCUT2D eigenvalue weighted by Gasteiger charge is -2.21. The predicted molar refractivity (Wildman–Crippen MR) is 100 cm³/mol. The third-order valence-corrected chi connectivity index (χ3v) is 4.66. The molecule has 140 valence electrons. The summed E-state index contributed by atoms with van der Waals surface area (Å²) in [7, 11) is 0. The lowest BCUT2D eigenvalue weighted by Crippen LogP contribution is -2.40. The maximum Gasteiger partial charge on any atom is 0.250 e. The molecule has 0 aromatic heterocycles. The summed E-state index contributed by atoms with van der Waals surface area (Å²) >= 11 is -1.32. The Bertz CT molecular complexity index is 715. The number of rotatable bonds is 7. The van der Waals surface area contributed by atoms with Gasteiger partial charge < -0.3 is 14.6 Å². The summed E-state index contributed by atoms with van der Waals surface area (Å²) in [6.07, 6.45) is 0. The van der Waals surface area contributed by atoms with Crippen molar-refractivity contribution in [2.45, 2.75) is 37.8 Å². The number of amides is 1. The molecule has 1 unspecified atom stereocenters. The maximum absolute atomic E-state index is 12.8. The zero-order valence-corrected chi connectivity index (χ0v) is 15.9. The smallest absolute Gasteiger partial charge is 0.250 e. The van der Waals surface area contributed by atoms with Crippen LogP contribution in [0, 0.1) is 5.82 Å². The molecule has 0 radical (unpaired) electrons. The van der Waals surface area contributed by atoms with Crippen LogP contribution in [0.2, 0.25) is 0 Å². The molecule has 26 heavy (non-hydrogen) atoms.